The molecule has 0 radical (unpaired) electrons. The van der Waals surface area contributed by atoms with Crippen molar-refractivity contribution in [2.45, 2.75) is 149 Å². The third kappa shape index (κ3) is 15.0. The maximum Gasteiger partial charge on any atom is 0.229 e. The summed E-state index contributed by atoms with van der Waals surface area (Å²) in [5, 5.41) is 3.65. The third-order valence-corrected chi connectivity index (χ3v) is 6.84. The van der Waals surface area contributed by atoms with Gasteiger partial charge in [0.2, 0.25) is 5.91 Å². The van der Waals surface area contributed by atoms with Crippen LogP contribution in [0.1, 0.15) is 143 Å². The number of amides is 1. The van der Waals surface area contributed by atoms with Crippen molar-refractivity contribution in [3.8, 4) is 0 Å². The topological polar surface area (TPSA) is 44.7 Å². The second-order valence-electron chi connectivity index (χ2n) is 9.92. The SMILES string of the molecule is CCCCCCCCCCCCCCCCCCNC(CC)N1CCCN=C(C)CC1=O. The molecule has 4 heteroatoms. The van der Waals surface area contributed by atoms with Crippen molar-refractivity contribution in [1.82, 2.24) is 10.2 Å². The minimum absolute atomic E-state index is 0.185. The second-order valence-corrected chi connectivity index (χ2v) is 9.92. The van der Waals surface area contributed by atoms with E-state index in [0.29, 0.717) is 6.42 Å². The van der Waals surface area contributed by atoms with Gasteiger partial charge >= 0.3 is 0 Å². The molecule has 1 atom stereocenters. The van der Waals surface area contributed by atoms with Crippen molar-refractivity contribution in [3.05, 3.63) is 0 Å². The van der Waals surface area contributed by atoms with Crippen LogP contribution in [0.15, 0.2) is 4.99 Å². The maximum absolute atomic E-state index is 12.6. The van der Waals surface area contributed by atoms with E-state index >= 15 is 0 Å². The Morgan fingerprint density at radius 1 is 0.812 bits per heavy atom. The molecule has 0 aromatic heterocycles. The molecule has 0 bridgehead atoms. The average Bonchev–Trinajstić information content (AvgIpc) is 2.78. The number of nitrogens with zero attached hydrogens (tertiary/aromatic N) is 2. The average molecular weight is 450 g/mol. The lowest BCUT2D eigenvalue weighted by molar-refractivity contribution is -0.133. The zero-order valence-electron chi connectivity index (χ0n) is 21.9. The number of rotatable bonds is 20. The Morgan fingerprint density at radius 2 is 1.31 bits per heavy atom. The van der Waals surface area contributed by atoms with Crippen LogP contribution in [0.5, 0.6) is 0 Å². The molecule has 4 nitrogen and oxygen atoms in total. The van der Waals surface area contributed by atoms with Gasteiger partial charge in [-0.05, 0) is 32.7 Å². The summed E-state index contributed by atoms with van der Waals surface area (Å²) in [6, 6.07) is 0. The van der Waals surface area contributed by atoms with Crippen LogP contribution in [0.3, 0.4) is 0 Å². The second kappa shape index (κ2) is 20.7. The van der Waals surface area contributed by atoms with Gasteiger partial charge in [0.05, 0.1) is 12.6 Å². The molecule has 1 aliphatic rings. The number of hydrogen-bond acceptors (Lipinski definition) is 3. The summed E-state index contributed by atoms with van der Waals surface area (Å²) in [6.45, 7) is 9.16. The van der Waals surface area contributed by atoms with Crippen molar-refractivity contribution < 1.29 is 4.79 Å². The van der Waals surface area contributed by atoms with E-state index in [1.54, 1.807) is 0 Å². The summed E-state index contributed by atoms with van der Waals surface area (Å²) < 4.78 is 0. The first-order valence-electron chi connectivity index (χ1n) is 14.2. The van der Waals surface area contributed by atoms with Crippen molar-refractivity contribution >= 4 is 11.6 Å². The van der Waals surface area contributed by atoms with Crippen LogP contribution >= 0.6 is 0 Å². The fourth-order valence-corrected chi connectivity index (χ4v) is 4.76. The molecule has 1 rings (SSSR count). The van der Waals surface area contributed by atoms with E-state index in [9.17, 15) is 4.79 Å². The quantitative estimate of drug-likeness (QED) is 0.194. The predicted molar refractivity (Wildman–Crippen MR) is 141 cm³/mol. The van der Waals surface area contributed by atoms with Crippen molar-refractivity contribution in [2.24, 2.45) is 4.99 Å². The highest BCUT2D eigenvalue weighted by Gasteiger charge is 2.22. The molecule has 188 valence electrons. The van der Waals surface area contributed by atoms with E-state index < -0.39 is 0 Å². The smallest absolute Gasteiger partial charge is 0.229 e. The molecule has 0 aliphatic carbocycles. The Hall–Kier alpha value is -0.900. The molecule has 0 spiro atoms. The lowest BCUT2D eigenvalue weighted by atomic mass is 10.0. The van der Waals surface area contributed by atoms with E-state index in [1.807, 2.05) is 6.92 Å². The molecule has 1 heterocycles. The number of unbranched alkanes of at least 4 members (excludes halogenated alkanes) is 15. The van der Waals surface area contributed by atoms with Crippen LogP contribution in [0.2, 0.25) is 0 Å². The van der Waals surface area contributed by atoms with Gasteiger partial charge in [0.1, 0.15) is 0 Å². The van der Waals surface area contributed by atoms with Gasteiger partial charge in [-0.1, -0.05) is 110 Å². The zero-order valence-corrected chi connectivity index (χ0v) is 21.9. The summed E-state index contributed by atoms with van der Waals surface area (Å²) >= 11 is 0. The van der Waals surface area contributed by atoms with Crippen LogP contribution in [-0.2, 0) is 4.79 Å². The highest BCUT2D eigenvalue weighted by molar-refractivity contribution is 6.00. The van der Waals surface area contributed by atoms with Gasteiger partial charge in [-0.2, -0.15) is 0 Å². The minimum atomic E-state index is 0.185. The summed E-state index contributed by atoms with van der Waals surface area (Å²) in [7, 11) is 0. The van der Waals surface area contributed by atoms with Crippen molar-refractivity contribution in [1.29, 1.82) is 0 Å². The maximum atomic E-state index is 12.6. The van der Waals surface area contributed by atoms with E-state index in [1.165, 1.54) is 103 Å². The Balaban J connectivity index is 1.93. The molecule has 32 heavy (non-hydrogen) atoms. The molecule has 0 saturated carbocycles. The van der Waals surface area contributed by atoms with Gasteiger partial charge in [0.25, 0.3) is 0 Å². The number of nitrogens with one attached hydrogen (secondary N) is 1. The molecule has 1 amide bonds. The highest BCUT2D eigenvalue weighted by atomic mass is 16.2. The van der Waals surface area contributed by atoms with Crippen LogP contribution in [0.4, 0.5) is 0 Å². The highest BCUT2D eigenvalue weighted by Crippen LogP contribution is 2.14. The predicted octanol–water partition coefficient (Wildman–Crippen LogP) is 7.66. The number of hydrogen-bond donors (Lipinski definition) is 1. The zero-order chi connectivity index (χ0) is 23.3. The molecule has 1 aliphatic heterocycles. The molecule has 1 unspecified atom stereocenters. The van der Waals surface area contributed by atoms with E-state index in [-0.39, 0.29) is 12.1 Å². The van der Waals surface area contributed by atoms with Crippen molar-refractivity contribution in [3.63, 3.8) is 0 Å². The summed E-state index contributed by atoms with van der Waals surface area (Å²) in [5.74, 6) is 0.234. The van der Waals surface area contributed by atoms with E-state index in [0.717, 1.165) is 38.2 Å². The first-order valence-corrected chi connectivity index (χ1v) is 14.2. The molecule has 0 aromatic rings. The van der Waals surface area contributed by atoms with E-state index in [4.69, 9.17) is 0 Å². The van der Waals surface area contributed by atoms with Gasteiger partial charge in [0, 0.05) is 18.8 Å². The van der Waals surface area contributed by atoms with Crippen molar-refractivity contribution in [2.75, 3.05) is 19.6 Å². The Morgan fingerprint density at radius 3 is 1.81 bits per heavy atom. The Kier molecular flexibility index (Phi) is 18.8. The Bertz CT molecular complexity index is 477. The van der Waals surface area contributed by atoms with Crippen LogP contribution in [0.25, 0.3) is 0 Å². The van der Waals surface area contributed by atoms with Gasteiger partial charge in [-0.15, -0.1) is 0 Å². The molecular weight excluding hydrogens is 394 g/mol. The van der Waals surface area contributed by atoms with Crippen LogP contribution in [0, 0.1) is 0 Å². The minimum Gasteiger partial charge on any atom is -0.327 e. The third-order valence-electron chi connectivity index (χ3n) is 6.84. The molecule has 0 fully saturated rings. The molecule has 1 N–H and O–H groups in total. The summed E-state index contributed by atoms with van der Waals surface area (Å²) in [4.78, 5) is 19.1. The first-order chi connectivity index (χ1) is 15.7. The summed E-state index contributed by atoms with van der Waals surface area (Å²) in [6.07, 6.45) is 25.1. The summed E-state index contributed by atoms with van der Waals surface area (Å²) in [5.41, 5.74) is 0.979. The van der Waals surface area contributed by atoms with E-state index in [2.05, 4.69) is 29.1 Å². The normalized spacial score (nSPS) is 16.0. The van der Waals surface area contributed by atoms with Gasteiger partial charge in [-0.3, -0.25) is 15.1 Å². The van der Waals surface area contributed by atoms with Gasteiger partial charge < -0.3 is 4.90 Å². The fourth-order valence-electron chi connectivity index (χ4n) is 4.76. The lowest BCUT2D eigenvalue weighted by Crippen LogP contribution is -2.50. The van der Waals surface area contributed by atoms with Crippen LogP contribution in [-0.4, -0.2) is 42.3 Å². The van der Waals surface area contributed by atoms with Gasteiger partial charge in [-0.25, -0.2) is 0 Å². The number of aliphatic imine (C=N–C) groups is 1. The standard InChI is InChI=1S/C28H55N3O/c1-4-6-7-8-9-10-11-12-13-14-15-16-17-18-19-20-22-30-27(5-2)31-24-21-23-29-26(3)25-28(31)32/h27,30H,4-25H2,1-3H3. The first kappa shape index (κ1) is 29.1. The number of carbonyl (C=O) groups is 1. The molecule has 0 aromatic carbocycles. The van der Waals surface area contributed by atoms with Gasteiger partial charge in [0.15, 0.2) is 0 Å². The monoisotopic (exact) mass is 449 g/mol. The largest absolute Gasteiger partial charge is 0.327 e. The molecular formula is C28H55N3O. The fraction of sp³-hybridized carbons (Fsp3) is 0.929. The van der Waals surface area contributed by atoms with Crippen LogP contribution < -0.4 is 5.32 Å². The Labute approximate surface area is 200 Å². The lowest BCUT2D eigenvalue weighted by Gasteiger charge is -2.33. The number of carbonyl (C=O) groups excluding carboxylic acids is 1. The molecule has 0 saturated heterocycles.